The molecular weight excluding hydrogens is 448 g/mol. The molecule has 9 heteroatoms. The summed E-state index contributed by atoms with van der Waals surface area (Å²) in [5, 5.41) is 14.4. The van der Waals surface area contributed by atoms with E-state index in [2.05, 4.69) is 32.7 Å². The maximum atomic E-state index is 12.8. The van der Waals surface area contributed by atoms with E-state index in [0.717, 1.165) is 22.3 Å². The number of carbonyl (C=O) groups is 3. The van der Waals surface area contributed by atoms with Crippen LogP contribution < -0.4 is 10.6 Å². The summed E-state index contributed by atoms with van der Waals surface area (Å²) in [6, 6.07) is 15.2. The Morgan fingerprint density at radius 1 is 1.09 bits per heavy atom. The van der Waals surface area contributed by atoms with Gasteiger partial charge in [-0.1, -0.05) is 55.5 Å². The minimum Gasteiger partial charge on any atom is -0.481 e. The van der Waals surface area contributed by atoms with Gasteiger partial charge in [0.1, 0.15) is 12.6 Å². The second-order valence-electron chi connectivity index (χ2n) is 8.62. The van der Waals surface area contributed by atoms with Crippen LogP contribution in [0.1, 0.15) is 36.1 Å². The van der Waals surface area contributed by atoms with Crippen LogP contribution in [0, 0.1) is 5.92 Å². The topological polar surface area (TPSA) is 133 Å². The van der Waals surface area contributed by atoms with Crippen molar-refractivity contribution in [1.29, 1.82) is 0 Å². The van der Waals surface area contributed by atoms with Gasteiger partial charge in [-0.25, -0.2) is 9.78 Å². The number of amides is 2. The lowest BCUT2D eigenvalue weighted by molar-refractivity contribution is -0.141. The van der Waals surface area contributed by atoms with Crippen LogP contribution in [-0.2, 0) is 20.7 Å². The SMILES string of the molecule is CC(CCNC(=O)[C@@H](Cc1cnc[nH]1)NC(=O)OCC1c2ccccc2-c2ccccc21)C(=O)O. The van der Waals surface area contributed by atoms with Crippen molar-refractivity contribution in [1.82, 2.24) is 20.6 Å². The van der Waals surface area contributed by atoms with E-state index in [9.17, 15) is 14.4 Å². The van der Waals surface area contributed by atoms with E-state index in [1.807, 2.05) is 36.4 Å². The number of aromatic amines is 1. The average Bonchev–Trinajstić information content (AvgIpc) is 3.48. The molecule has 3 aromatic rings. The summed E-state index contributed by atoms with van der Waals surface area (Å²) in [4.78, 5) is 43.4. The predicted molar refractivity (Wildman–Crippen MR) is 129 cm³/mol. The molecular formula is C26H28N4O5. The number of H-pyrrole nitrogens is 1. The maximum absolute atomic E-state index is 12.8. The summed E-state index contributed by atoms with van der Waals surface area (Å²) in [6.07, 6.45) is 2.83. The molecule has 2 amide bonds. The van der Waals surface area contributed by atoms with Gasteiger partial charge in [-0.05, 0) is 28.7 Å². The third-order valence-corrected chi connectivity index (χ3v) is 6.23. The van der Waals surface area contributed by atoms with Gasteiger partial charge in [-0.3, -0.25) is 9.59 Å². The molecule has 1 heterocycles. The third-order valence-electron chi connectivity index (χ3n) is 6.23. The van der Waals surface area contributed by atoms with Crippen molar-refractivity contribution >= 4 is 18.0 Å². The number of benzene rings is 2. The van der Waals surface area contributed by atoms with Crippen molar-refractivity contribution in [2.45, 2.75) is 31.7 Å². The number of carboxylic acids is 1. The standard InChI is InChI=1S/C26H28N4O5/c1-16(25(32)33)10-11-28-24(31)23(12-17-13-27-15-29-17)30-26(34)35-14-22-20-8-4-2-6-18(20)19-7-3-5-9-21(19)22/h2-9,13,15-16,22-23H,10-12,14H2,1H3,(H,27,29)(H,28,31)(H,30,34)(H,32,33)/t16?,23-/m1/s1. The number of nitrogens with one attached hydrogen (secondary N) is 3. The average molecular weight is 477 g/mol. The van der Waals surface area contributed by atoms with Crippen LogP contribution in [-0.4, -0.2) is 52.2 Å². The Bertz CT molecular complexity index is 1150. The summed E-state index contributed by atoms with van der Waals surface area (Å²) < 4.78 is 5.58. The highest BCUT2D eigenvalue weighted by molar-refractivity contribution is 5.86. The molecule has 182 valence electrons. The molecule has 0 saturated carbocycles. The van der Waals surface area contributed by atoms with Crippen LogP contribution in [0.2, 0.25) is 0 Å². The summed E-state index contributed by atoms with van der Waals surface area (Å²) in [5.41, 5.74) is 5.12. The quantitative estimate of drug-likeness (QED) is 0.355. The van der Waals surface area contributed by atoms with Gasteiger partial charge >= 0.3 is 12.1 Å². The Kier molecular flexibility index (Phi) is 7.45. The number of fused-ring (bicyclic) bond motifs is 3. The van der Waals surface area contributed by atoms with Gasteiger partial charge in [0.05, 0.1) is 12.2 Å². The highest BCUT2D eigenvalue weighted by Gasteiger charge is 2.30. The molecule has 0 bridgehead atoms. The summed E-state index contributed by atoms with van der Waals surface area (Å²) in [7, 11) is 0. The van der Waals surface area contributed by atoms with Gasteiger partial charge in [0, 0.05) is 30.8 Å². The van der Waals surface area contributed by atoms with Gasteiger partial charge in [0.2, 0.25) is 5.91 Å². The smallest absolute Gasteiger partial charge is 0.407 e. The molecule has 0 spiro atoms. The van der Waals surface area contributed by atoms with Crippen molar-refractivity contribution in [3.63, 3.8) is 0 Å². The molecule has 4 N–H and O–H groups in total. The van der Waals surface area contributed by atoms with E-state index in [0.29, 0.717) is 5.69 Å². The largest absolute Gasteiger partial charge is 0.481 e. The van der Waals surface area contributed by atoms with Gasteiger partial charge in [0.15, 0.2) is 0 Å². The molecule has 1 aromatic heterocycles. The van der Waals surface area contributed by atoms with Crippen molar-refractivity contribution in [3.05, 3.63) is 77.9 Å². The summed E-state index contributed by atoms with van der Waals surface area (Å²) in [6.45, 7) is 1.89. The fourth-order valence-electron chi connectivity index (χ4n) is 4.27. The minimum atomic E-state index is -0.926. The van der Waals surface area contributed by atoms with E-state index in [-0.39, 0.29) is 31.9 Å². The number of aromatic nitrogens is 2. The zero-order chi connectivity index (χ0) is 24.8. The van der Waals surface area contributed by atoms with E-state index in [1.165, 1.54) is 6.33 Å². The van der Waals surface area contributed by atoms with Crippen molar-refractivity contribution in [2.24, 2.45) is 5.92 Å². The van der Waals surface area contributed by atoms with Crippen LogP contribution in [0.5, 0.6) is 0 Å². The number of carbonyl (C=O) groups excluding carboxylic acids is 2. The normalized spacial score (nSPS) is 13.9. The fraction of sp³-hybridized carbons (Fsp3) is 0.308. The van der Waals surface area contributed by atoms with Gasteiger partial charge < -0.3 is 25.5 Å². The van der Waals surface area contributed by atoms with Gasteiger partial charge in [0.25, 0.3) is 0 Å². The molecule has 35 heavy (non-hydrogen) atoms. The molecule has 9 nitrogen and oxygen atoms in total. The second-order valence-corrected chi connectivity index (χ2v) is 8.62. The van der Waals surface area contributed by atoms with E-state index >= 15 is 0 Å². The number of imidazole rings is 1. The fourth-order valence-corrected chi connectivity index (χ4v) is 4.27. The molecule has 0 saturated heterocycles. The number of hydrogen-bond acceptors (Lipinski definition) is 5. The lowest BCUT2D eigenvalue weighted by atomic mass is 9.98. The predicted octanol–water partition coefficient (Wildman–Crippen LogP) is 3.09. The Balaban J connectivity index is 1.39. The first kappa shape index (κ1) is 24.0. The van der Waals surface area contributed by atoms with Crippen molar-refractivity contribution in [3.8, 4) is 11.1 Å². The number of aliphatic carboxylic acids is 1. The lowest BCUT2D eigenvalue weighted by Gasteiger charge is -2.19. The second kappa shape index (κ2) is 10.9. The van der Waals surface area contributed by atoms with Crippen LogP contribution in [0.15, 0.2) is 61.1 Å². The Morgan fingerprint density at radius 2 is 1.74 bits per heavy atom. The number of carboxylic acid groups (broad SMARTS) is 1. The molecule has 1 aliphatic rings. The summed E-state index contributed by atoms with van der Waals surface area (Å²) in [5.74, 6) is -2.03. The molecule has 0 radical (unpaired) electrons. The van der Waals surface area contributed by atoms with E-state index in [4.69, 9.17) is 9.84 Å². The first-order chi connectivity index (χ1) is 16.9. The van der Waals surface area contributed by atoms with Crippen molar-refractivity contribution in [2.75, 3.05) is 13.2 Å². The lowest BCUT2D eigenvalue weighted by Crippen LogP contribution is -2.48. The molecule has 1 unspecified atom stereocenters. The Labute approximate surface area is 202 Å². The summed E-state index contributed by atoms with van der Waals surface area (Å²) >= 11 is 0. The Morgan fingerprint density at radius 3 is 2.34 bits per heavy atom. The molecule has 1 aliphatic carbocycles. The van der Waals surface area contributed by atoms with Crippen LogP contribution in [0.25, 0.3) is 11.1 Å². The monoisotopic (exact) mass is 476 g/mol. The molecule has 4 rings (SSSR count). The van der Waals surface area contributed by atoms with Crippen LogP contribution in [0.4, 0.5) is 4.79 Å². The highest BCUT2D eigenvalue weighted by atomic mass is 16.5. The number of ether oxygens (including phenoxy) is 1. The minimum absolute atomic E-state index is 0.0921. The van der Waals surface area contributed by atoms with Gasteiger partial charge in [-0.15, -0.1) is 0 Å². The van der Waals surface area contributed by atoms with Crippen molar-refractivity contribution < 1.29 is 24.2 Å². The van der Waals surface area contributed by atoms with E-state index in [1.54, 1.807) is 13.1 Å². The molecule has 2 atom stereocenters. The molecule has 0 fully saturated rings. The first-order valence-corrected chi connectivity index (χ1v) is 11.5. The number of alkyl carbamates (subject to hydrolysis) is 1. The van der Waals surface area contributed by atoms with E-state index < -0.39 is 29.9 Å². The Hall–Kier alpha value is -4.14. The van der Waals surface area contributed by atoms with Crippen LogP contribution >= 0.6 is 0 Å². The highest BCUT2D eigenvalue weighted by Crippen LogP contribution is 2.44. The molecule has 0 aliphatic heterocycles. The van der Waals surface area contributed by atoms with Gasteiger partial charge in [-0.2, -0.15) is 0 Å². The van der Waals surface area contributed by atoms with Crippen LogP contribution in [0.3, 0.4) is 0 Å². The number of hydrogen-bond donors (Lipinski definition) is 4. The zero-order valence-electron chi connectivity index (χ0n) is 19.4. The number of rotatable bonds is 10. The first-order valence-electron chi connectivity index (χ1n) is 11.5. The zero-order valence-corrected chi connectivity index (χ0v) is 19.4. The third kappa shape index (κ3) is 5.68. The maximum Gasteiger partial charge on any atom is 0.407 e. The molecule has 2 aromatic carbocycles. The number of nitrogens with zero attached hydrogens (tertiary/aromatic N) is 1.